The highest BCUT2D eigenvalue weighted by Crippen LogP contribution is 2.40. The van der Waals surface area contributed by atoms with Crippen molar-refractivity contribution in [3.8, 4) is 5.75 Å². The van der Waals surface area contributed by atoms with Crippen LogP contribution in [-0.4, -0.2) is 30.2 Å². The number of amides is 1. The lowest BCUT2D eigenvalue weighted by Gasteiger charge is -2.23. The fourth-order valence-electron chi connectivity index (χ4n) is 2.29. The normalized spacial score (nSPS) is 18.0. The van der Waals surface area contributed by atoms with Crippen molar-refractivity contribution >= 4 is 40.6 Å². The van der Waals surface area contributed by atoms with E-state index in [1.807, 2.05) is 29.2 Å². The Hall–Kier alpha value is -1.17. The van der Waals surface area contributed by atoms with Crippen LogP contribution in [-0.2, 0) is 0 Å². The number of halogens is 1. The summed E-state index contributed by atoms with van der Waals surface area (Å²) in [6.07, 6.45) is 0. The maximum absolute atomic E-state index is 12.6. The van der Waals surface area contributed by atoms with Crippen LogP contribution in [0, 0.1) is 0 Å². The van der Waals surface area contributed by atoms with Gasteiger partial charge in [-0.3, -0.25) is 4.79 Å². The molecule has 0 unspecified atom stereocenters. The first-order valence-corrected chi connectivity index (χ1v) is 8.75. The molecule has 0 N–H and O–H groups in total. The number of nitrogens with zero attached hydrogens (tertiary/aromatic N) is 1. The van der Waals surface area contributed by atoms with Crippen LogP contribution < -0.4 is 4.74 Å². The molecule has 1 aliphatic rings. The minimum atomic E-state index is 0.0534. The van der Waals surface area contributed by atoms with E-state index in [1.54, 1.807) is 31.0 Å². The Balaban J connectivity index is 1.83. The van der Waals surface area contributed by atoms with E-state index in [-0.39, 0.29) is 11.3 Å². The van der Waals surface area contributed by atoms with E-state index < -0.39 is 0 Å². The van der Waals surface area contributed by atoms with Crippen LogP contribution in [0.3, 0.4) is 0 Å². The maximum atomic E-state index is 12.6. The smallest absolute Gasteiger partial charge is 0.265 e. The zero-order valence-corrected chi connectivity index (χ0v) is 13.8. The summed E-state index contributed by atoms with van der Waals surface area (Å²) in [5, 5.41) is 0.0595. The predicted molar refractivity (Wildman–Crippen MR) is 88.6 cm³/mol. The van der Waals surface area contributed by atoms with Crippen LogP contribution in [0.25, 0.3) is 0 Å². The van der Waals surface area contributed by atoms with Crippen molar-refractivity contribution in [3.05, 3.63) is 51.2 Å². The average Bonchev–Trinajstić information content (AvgIpc) is 3.15. The van der Waals surface area contributed by atoms with Gasteiger partial charge in [0.05, 0.1) is 16.3 Å². The van der Waals surface area contributed by atoms with Crippen molar-refractivity contribution < 1.29 is 9.53 Å². The molecule has 6 heteroatoms. The molecule has 1 aromatic heterocycles. The van der Waals surface area contributed by atoms with Crippen molar-refractivity contribution in [1.29, 1.82) is 0 Å². The van der Waals surface area contributed by atoms with Crippen molar-refractivity contribution in [2.24, 2.45) is 0 Å². The van der Waals surface area contributed by atoms with Gasteiger partial charge in [-0.2, -0.15) is 0 Å². The number of hydrogen-bond donors (Lipinski definition) is 0. The Labute approximate surface area is 136 Å². The monoisotopic (exact) mass is 339 g/mol. The molecule has 2 aromatic rings. The Morgan fingerprint density at radius 2 is 2.05 bits per heavy atom. The lowest BCUT2D eigenvalue weighted by molar-refractivity contribution is 0.0765. The lowest BCUT2D eigenvalue weighted by atomic mass is 10.2. The third-order valence-electron chi connectivity index (χ3n) is 3.34. The molecular weight excluding hydrogens is 326 g/mol. The van der Waals surface area contributed by atoms with Gasteiger partial charge in [0.25, 0.3) is 5.91 Å². The van der Waals surface area contributed by atoms with E-state index in [1.165, 1.54) is 11.3 Å². The minimum absolute atomic E-state index is 0.0534. The summed E-state index contributed by atoms with van der Waals surface area (Å²) in [6, 6.07) is 11.5. The molecule has 3 nitrogen and oxygen atoms in total. The molecule has 0 radical (unpaired) electrons. The van der Waals surface area contributed by atoms with Gasteiger partial charge in [0.2, 0.25) is 0 Å². The second-order valence-electron chi connectivity index (χ2n) is 4.60. The first-order chi connectivity index (χ1) is 10.2. The molecule has 1 aliphatic heterocycles. The Morgan fingerprint density at radius 1 is 1.29 bits per heavy atom. The van der Waals surface area contributed by atoms with Gasteiger partial charge in [-0.15, -0.1) is 23.1 Å². The first-order valence-electron chi connectivity index (χ1n) is 6.51. The molecule has 0 bridgehead atoms. The number of rotatable bonds is 3. The summed E-state index contributed by atoms with van der Waals surface area (Å²) in [7, 11) is 1.65. The molecule has 21 heavy (non-hydrogen) atoms. The van der Waals surface area contributed by atoms with Crippen molar-refractivity contribution in [2.45, 2.75) is 5.37 Å². The quantitative estimate of drug-likeness (QED) is 0.835. The molecule has 1 saturated heterocycles. The standard InChI is InChI=1S/C15H14ClNO2S2/c1-19-11-4-2-10(3-5-11)15-17(8-9-20-15)14(18)12-6-7-13(16)21-12/h2-7,15H,8-9H2,1H3/t15-/m1/s1. The van der Waals surface area contributed by atoms with Gasteiger partial charge in [0.1, 0.15) is 11.1 Å². The molecule has 1 amide bonds. The van der Waals surface area contributed by atoms with Crippen LogP contribution in [0.2, 0.25) is 4.34 Å². The second kappa shape index (κ2) is 6.30. The van der Waals surface area contributed by atoms with Gasteiger partial charge < -0.3 is 9.64 Å². The maximum Gasteiger partial charge on any atom is 0.265 e. The van der Waals surface area contributed by atoms with E-state index >= 15 is 0 Å². The predicted octanol–water partition coefficient (Wildman–Crippen LogP) is 4.30. The number of hydrogen-bond acceptors (Lipinski definition) is 4. The van der Waals surface area contributed by atoms with E-state index in [4.69, 9.17) is 16.3 Å². The number of benzene rings is 1. The molecule has 1 atom stereocenters. The summed E-state index contributed by atoms with van der Waals surface area (Å²) in [4.78, 5) is 15.2. The van der Waals surface area contributed by atoms with Crippen LogP contribution in [0.1, 0.15) is 20.6 Å². The average molecular weight is 340 g/mol. The summed E-state index contributed by atoms with van der Waals surface area (Å²) in [6.45, 7) is 0.760. The van der Waals surface area contributed by atoms with Crippen molar-refractivity contribution in [1.82, 2.24) is 4.90 Å². The van der Waals surface area contributed by atoms with Gasteiger partial charge in [-0.25, -0.2) is 0 Å². The molecule has 1 aromatic carbocycles. The topological polar surface area (TPSA) is 29.5 Å². The largest absolute Gasteiger partial charge is 0.497 e. The third kappa shape index (κ3) is 3.05. The van der Waals surface area contributed by atoms with E-state index in [2.05, 4.69) is 0 Å². The number of thiophene rings is 1. The first kappa shape index (κ1) is 14.8. The fourth-order valence-corrected chi connectivity index (χ4v) is 4.55. The lowest BCUT2D eigenvalue weighted by Crippen LogP contribution is -2.29. The van der Waals surface area contributed by atoms with E-state index in [9.17, 15) is 4.79 Å². The Kier molecular flexibility index (Phi) is 4.42. The van der Waals surface area contributed by atoms with Gasteiger partial charge >= 0.3 is 0 Å². The molecule has 0 spiro atoms. The number of thioether (sulfide) groups is 1. The van der Waals surface area contributed by atoms with Gasteiger partial charge in [0, 0.05) is 12.3 Å². The molecule has 1 fully saturated rings. The van der Waals surface area contributed by atoms with Gasteiger partial charge in [-0.05, 0) is 29.8 Å². The highest BCUT2D eigenvalue weighted by atomic mass is 35.5. The third-order valence-corrected chi connectivity index (χ3v) is 5.82. The highest BCUT2D eigenvalue weighted by molar-refractivity contribution is 7.99. The molecule has 3 rings (SSSR count). The summed E-state index contributed by atoms with van der Waals surface area (Å²) in [5.41, 5.74) is 1.12. The number of carbonyl (C=O) groups excluding carboxylic acids is 1. The number of carbonyl (C=O) groups is 1. The van der Waals surface area contributed by atoms with Crippen molar-refractivity contribution in [3.63, 3.8) is 0 Å². The zero-order chi connectivity index (χ0) is 14.8. The van der Waals surface area contributed by atoms with Crippen LogP contribution >= 0.6 is 34.7 Å². The number of ether oxygens (including phenoxy) is 1. The molecule has 0 saturated carbocycles. The summed E-state index contributed by atoms with van der Waals surface area (Å²) < 4.78 is 5.82. The zero-order valence-electron chi connectivity index (χ0n) is 11.4. The molecular formula is C15H14ClNO2S2. The summed E-state index contributed by atoms with van der Waals surface area (Å²) >= 11 is 9.04. The van der Waals surface area contributed by atoms with Gasteiger partial charge in [-0.1, -0.05) is 23.7 Å². The van der Waals surface area contributed by atoms with E-state index in [0.29, 0.717) is 9.21 Å². The van der Waals surface area contributed by atoms with E-state index in [0.717, 1.165) is 23.6 Å². The summed E-state index contributed by atoms with van der Waals surface area (Å²) in [5.74, 6) is 1.82. The highest BCUT2D eigenvalue weighted by Gasteiger charge is 2.31. The SMILES string of the molecule is COc1ccc([C@H]2SCCN2C(=O)c2ccc(Cl)s2)cc1. The number of methoxy groups -OCH3 is 1. The second-order valence-corrected chi connectivity index (χ2v) is 7.50. The molecule has 0 aliphatic carbocycles. The fraction of sp³-hybridized carbons (Fsp3) is 0.267. The Bertz CT molecular complexity index is 641. The minimum Gasteiger partial charge on any atom is -0.497 e. The molecule has 2 heterocycles. The van der Waals surface area contributed by atoms with Crippen molar-refractivity contribution in [2.75, 3.05) is 19.4 Å². The van der Waals surface area contributed by atoms with Crippen LogP contribution in [0.4, 0.5) is 0 Å². The van der Waals surface area contributed by atoms with Crippen LogP contribution in [0.15, 0.2) is 36.4 Å². The molecule has 110 valence electrons. The van der Waals surface area contributed by atoms with Crippen LogP contribution in [0.5, 0.6) is 5.75 Å². The Morgan fingerprint density at radius 3 is 2.67 bits per heavy atom. The van der Waals surface area contributed by atoms with Gasteiger partial charge in [0.15, 0.2) is 0 Å².